The Hall–Kier alpha value is -0.240. The van der Waals surface area contributed by atoms with Crippen LogP contribution in [0.25, 0.3) is 0 Å². The van der Waals surface area contributed by atoms with E-state index >= 15 is 0 Å². The van der Waals surface area contributed by atoms with Crippen molar-refractivity contribution >= 4 is 0 Å². The minimum absolute atomic E-state index is 0.119. The second kappa shape index (κ2) is 11.3. The molecule has 0 bridgehead atoms. The number of aliphatic hydroxyl groups is 2. The van der Waals surface area contributed by atoms with E-state index in [4.69, 9.17) is 21.7 Å². The summed E-state index contributed by atoms with van der Waals surface area (Å²) in [7, 11) is 0. The lowest BCUT2D eigenvalue weighted by molar-refractivity contribution is 0.144. The number of aliphatic hydroxyl groups excluding tert-OH is 2. The Morgan fingerprint density at radius 2 is 1.00 bits per heavy atom. The maximum Gasteiger partial charge on any atom is 0.0558 e. The summed E-state index contributed by atoms with van der Waals surface area (Å²) < 4.78 is 0. The van der Waals surface area contributed by atoms with Crippen molar-refractivity contribution in [2.75, 3.05) is 65.6 Å². The highest BCUT2D eigenvalue weighted by molar-refractivity contribution is 4.64. The van der Waals surface area contributed by atoms with Gasteiger partial charge in [-0.1, -0.05) is 0 Å². The Kier molecular flexibility index (Phi) is 11.1. The Morgan fingerprint density at radius 3 is 1.31 bits per heavy atom. The standard InChI is InChI=1S/C10H26N4O2/c11-1-3-13(4-2-12)5-6-14(7-9-15)8-10-16/h15-16H,1-12H2. The predicted molar refractivity (Wildman–Crippen MR) is 65.2 cm³/mol. The highest BCUT2D eigenvalue weighted by Gasteiger charge is 2.07. The molecule has 0 fully saturated rings. The van der Waals surface area contributed by atoms with Gasteiger partial charge in [0.2, 0.25) is 0 Å². The van der Waals surface area contributed by atoms with Gasteiger partial charge in [-0.3, -0.25) is 9.80 Å². The molecule has 0 unspecified atom stereocenters. The van der Waals surface area contributed by atoms with E-state index in [2.05, 4.69) is 4.90 Å². The van der Waals surface area contributed by atoms with Gasteiger partial charge in [0.15, 0.2) is 0 Å². The van der Waals surface area contributed by atoms with Crippen LogP contribution in [-0.2, 0) is 0 Å². The van der Waals surface area contributed by atoms with Crippen LogP contribution >= 0.6 is 0 Å². The lowest BCUT2D eigenvalue weighted by Gasteiger charge is -2.26. The molecule has 0 rings (SSSR count). The molecule has 0 aliphatic heterocycles. The molecule has 0 heterocycles. The monoisotopic (exact) mass is 234 g/mol. The third-order valence-electron chi connectivity index (χ3n) is 2.46. The fourth-order valence-electron chi connectivity index (χ4n) is 1.60. The summed E-state index contributed by atoms with van der Waals surface area (Å²) >= 11 is 0. The molecule has 0 aromatic heterocycles. The van der Waals surface area contributed by atoms with Gasteiger partial charge in [-0.2, -0.15) is 0 Å². The van der Waals surface area contributed by atoms with E-state index in [1.807, 2.05) is 4.90 Å². The van der Waals surface area contributed by atoms with Crippen molar-refractivity contribution in [2.45, 2.75) is 0 Å². The number of nitrogens with two attached hydrogens (primary N) is 2. The maximum atomic E-state index is 8.86. The Labute approximate surface area is 97.8 Å². The van der Waals surface area contributed by atoms with Gasteiger partial charge in [0.25, 0.3) is 0 Å². The van der Waals surface area contributed by atoms with E-state index in [0.29, 0.717) is 26.2 Å². The van der Waals surface area contributed by atoms with Gasteiger partial charge >= 0.3 is 0 Å². The highest BCUT2D eigenvalue weighted by Crippen LogP contribution is 1.91. The summed E-state index contributed by atoms with van der Waals surface area (Å²) in [5, 5.41) is 17.7. The quantitative estimate of drug-likeness (QED) is 0.315. The van der Waals surface area contributed by atoms with Gasteiger partial charge in [-0.05, 0) is 0 Å². The number of hydrogen-bond acceptors (Lipinski definition) is 6. The summed E-state index contributed by atoms with van der Waals surface area (Å²) in [6.07, 6.45) is 0. The summed E-state index contributed by atoms with van der Waals surface area (Å²) in [6.45, 7) is 6.04. The van der Waals surface area contributed by atoms with E-state index < -0.39 is 0 Å². The number of nitrogens with zero attached hydrogens (tertiary/aromatic N) is 2. The molecule has 98 valence electrons. The highest BCUT2D eigenvalue weighted by atomic mass is 16.3. The molecule has 0 saturated heterocycles. The molecule has 0 aromatic rings. The third-order valence-corrected chi connectivity index (χ3v) is 2.46. The molecule has 6 heteroatoms. The summed E-state index contributed by atoms with van der Waals surface area (Å²) in [6, 6.07) is 0. The normalized spacial score (nSPS) is 11.6. The zero-order chi connectivity index (χ0) is 12.2. The van der Waals surface area contributed by atoms with Gasteiger partial charge in [0.05, 0.1) is 13.2 Å². The summed E-state index contributed by atoms with van der Waals surface area (Å²) in [4.78, 5) is 4.22. The summed E-state index contributed by atoms with van der Waals surface area (Å²) in [5.41, 5.74) is 11.0. The van der Waals surface area contributed by atoms with Crippen molar-refractivity contribution in [3.05, 3.63) is 0 Å². The average Bonchev–Trinajstić information content (AvgIpc) is 2.27. The number of rotatable bonds is 11. The second-order valence-electron chi connectivity index (χ2n) is 3.71. The van der Waals surface area contributed by atoms with Gasteiger partial charge in [0, 0.05) is 52.4 Å². The van der Waals surface area contributed by atoms with E-state index in [9.17, 15) is 0 Å². The number of hydrogen-bond donors (Lipinski definition) is 4. The Morgan fingerprint density at radius 1 is 0.625 bits per heavy atom. The molecule has 6 nitrogen and oxygen atoms in total. The zero-order valence-corrected chi connectivity index (χ0v) is 10.0. The van der Waals surface area contributed by atoms with Crippen molar-refractivity contribution in [1.29, 1.82) is 0 Å². The Bertz CT molecular complexity index is 121. The van der Waals surface area contributed by atoms with Crippen molar-refractivity contribution in [1.82, 2.24) is 9.80 Å². The first kappa shape index (κ1) is 15.8. The van der Waals surface area contributed by atoms with Crippen LogP contribution < -0.4 is 11.5 Å². The largest absolute Gasteiger partial charge is 0.395 e. The second-order valence-corrected chi connectivity index (χ2v) is 3.71. The Balaban J connectivity index is 3.83. The average molecular weight is 234 g/mol. The van der Waals surface area contributed by atoms with Crippen LogP contribution in [0.3, 0.4) is 0 Å². The smallest absolute Gasteiger partial charge is 0.0558 e. The zero-order valence-electron chi connectivity index (χ0n) is 10.0. The van der Waals surface area contributed by atoms with E-state index in [1.165, 1.54) is 0 Å². The molecular formula is C10H26N4O2. The van der Waals surface area contributed by atoms with E-state index in [-0.39, 0.29) is 13.2 Å². The van der Waals surface area contributed by atoms with Crippen molar-refractivity contribution in [2.24, 2.45) is 11.5 Å². The SMILES string of the molecule is NCCN(CCN)CCN(CCO)CCO. The van der Waals surface area contributed by atoms with Gasteiger partial charge < -0.3 is 21.7 Å². The fraction of sp³-hybridized carbons (Fsp3) is 1.00. The minimum Gasteiger partial charge on any atom is -0.395 e. The fourth-order valence-corrected chi connectivity index (χ4v) is 1.60. The van der Waals surface area contributed by atoms with Crippen molar-refractivity contribution < 1.29 is 10.2 Å². The molecule has 0 amide bonds. The first-order chi connectivity index (χ1) is 7.78. The van der Waals surface area contributed by atoms with Crippen LogP contribution in [0.4, 0.5) is 0 Å². The van der Waals surface area contributed by atoms with E-state index in [1.54, 1.807) is 0 Å². The van der Waals surface area contributed by atoms with Gasteiger partial charge in [0.1, 0.15) is 0 Å². The van der Waals surface area contributed by atoms with Crippen LogP contribution in [0.1, 0.15) is 0 Å². The molecule has 0 atom stereocenters. The molecule has 0 aromatic carbocycles. The molecule has 0 spiro atoms. The molecule has 0 aliphatic rings. The van der Waals surface area contributed by atoms with Crippen LogP contribution in [0, 0.1) is 0 Å². The van der Waals surface area contributed by atoms with Crippen LogP contribution in [-0.4, -0.2) is 85.6 Å². The van der Waals surface area contributed by atoms with Crippen LogP contribution in [0.15, 0.2) is 0 Å². The van der Waals surface area contributed by atoms with Crippen molar-refractivity contribution in [3.8, 4) is 0 Å². The lowest BCUT2D eigenvalue weighted by Crippen LogP contribution is -2.41. The van der Waals surface area contributed by atoms with Crippen molar-refractivity contribution in [3.63, 3.8) is 0 Å². The van der Waals surface area contributed by atoms with Crippen LogP contribution in [0.5, 0.6) is 0 Å². The molecule has 0 aliphatic carbocycles. The van der Waals surface area contributed by atoms with E-state index in [0.717, 1.165) is 26.2 Å². The minimum atomic E-state index is 0.119. The lowest BCUT2D eigenvalue weighted by atomic mass is 10.4. The van der Waals surface area contributed by atoms with Crippen LogP contribution in [0.2, 0.25) is 0 Å². The molecule has 0 radical (unpaired) electrons. The summed E-state index contributed by atoms with van der Waals surface area (Å²) in [5.74, 6) is 0. The molecule has 6 N–H and O–H groups in total. The van der Waals surface area contributed by atoms with Gasteiger partial charge in [-0.15, -0.1) is 0 Å². The molecule has 16 heavy (non-hydrogen) atoms. The third kappa shape index (κ3) is 7.98. The molecular weight excluding hydrogens is 208 g/mol. The maximum absolute atomic E-state index is 8.86. The first-order valence-corrected chi connectivity index (χ1v) is 5.85. The van der Waals surface area contributed by atoms with Gasteiger partial charge in [-0.25, -0.2) is 0 Å². The predicted octanol–water partition coefficient (Wildman–Crippen LogP) is -2.51. The first-order valence-electron chi connectivity index (χ1n) is 5.85. The molecule has 0 saturated carbocycles. The topological polar surface area (TPSA) is 99.0 Å².